The predicted octanol–water partition coefficient (Wildman–Crippen LogP) is 2.07. The van der Waals surface area contributed by atoms with Crippen LogP contribution in [0.15, 0.2) is 12.1 Å². The molecule has 7 heteroatoms. The van der Waals surface area contributed by atoms with Crippen LogP contribution in [-0.2, 0) is 0 Å². The Morgan fingerprint density at radius 2 is 2.17 bits per heavy atom. The summed E-state index contributed by atoms with van der Waals surface area (Å²) >= 11 is 1.33. The highest BCUT2D eigenvalue weighted by Crippen LogP contribution is 2.19. The SMILES string of the molecule is COc1ccc(-c2nsc(NCC(C)C)n2)nn1. The molecular weight excluding hydrogens is 250 g/mol. The van der Waals surface area contributed by atoms with Crippen molar-refractivity contribution in [2.24, 2.45) is 5.92 Å². The van der Waals surface area contributed by atoms with Crippen molar-refractivity contribution < 1.29 is 4.74 Å². The summed E-state index contributed by atoms with van der Waals surface area (Å²) in [5.41, 5.74) is 0.643. The molecule has 0 saturated heterocycles. The van der Waals surface area contributed by atoms with Crippen LogP contribution in [0.2, 0.25) is 0 Å². The van der Waals surface area contributed by atoms with E-state index in [0.717, 1.165) is 11.7 Å². The van der Waals surface area contributed by atoms with Crippen LogP contribution >= 0.6 is 11.5 Å². The Morgan fingerprint density at radius 1 is 1.33 bits per heavy atom. The third-order valence-corrected chi connectivity index (χ3v) is 2.84. The predicted molar refractivity (Wildman–Crippen MR) is 70.8 cm³/mol. The van der Waals surface area contributed by atoms with Crippen LogP contribution in [0.3, 0.4) is 0 Å². The Kier molecular flexibility index (Phi) is 4.03. The Morgan fingerprint density at radius 3 is 2.78 bits per heavy atom. The summed E-state index contributed by atoms with van der Waals surface area (Å²) in [4.78, 5) is 4.36. The monoisotopic (exact) mass is 265 g/mol. The number of ether oxygens (including phenoxy) is 1. The third kappa shape index (κ3) is 3.13. The molecule has 2 heterocycles. The molecule has 0 aliphatic carbocycles. The van der Waals surface area contributed by atoms with E-state index in [0.29, 0.717) is 23.3 Å². The van der Waals surface area contributed by atoms with Gasteiger partial charge in [-0.15, -0.1) is 10.2 Å². The lowest BCUT2D eigenvalue weighted by molar-refractivity contribution is 0.392. The molecule has 0 aromatic carbocycles. The van der Waals surface area contributed by atoms with Gasteiger partial charge in [-0.25, -0.2) is 0 Å². The summed E-state index contributed by atoms with van der Waals surface area (Å²) in [7, 11) is 1.55. The van der Waals surface area contributed by atoms with E-state index in [1.807, 2.05) is 0 Å². The van der Waals surface area contributed by atoms with E-state index in [2.05, 4.69) is 38.7 Å². The molecular formula is C11H15N5OS. The molecule has 0 atom stereocenters. The molecule has 2 aromatic heterocycles. The number of nitrogens with zero attached hydrogens (tertiary/aromatic N) is 4. The molecule has 1 N–H and O–H groups in total. The first-order chi connectivity index (χ1) is 8.69. The van der Waals surface area contributed by atoms with Crippen molar-refractivity contribution in [3.8, 4) is 17.4 Å². The summed E-state index contributed by atoms with van der Waals surface area (Å²) in [6, 6.07) is 3.53. The van der Waals surface area contributed by atoms with Gasteiger partial charge < -0.3 is 10.1 Å². The lowest BCUT2D eigenvalue weighted by atomic mass is 10.2. The summed E-state index contributed by atoms with van der Waals surface area (Å²) in [5, 5.41) is 11.9. The van der Waals surface area contributed by atoms with Crippen LogP contribution in [-0.4, -0.2) is 33.2 Å². The van der Waals surface area contributed by atoms with Gasteiger partial charge in [-0.1, -0.05) is 13.8 Å². The van der Waals surface area contributed by atoms with Gasteiger partial charge in [0.05, 0.1) is 7.11 Å². The van der Waals surface area contributed by atoms with Crippen molar-refractivity contribution in [2.75, 3.05) is 19.0 Å². The highest BCUT2D eigenvalue weighted by atomic mass is 32.1. The van der Waals surface area contributed by atoms with Crippen molar-refractivity contribution in [1.29, 1.82) is 0 Å². The van der Waals surface area contributed by atoms with E-state index < -0.39 is 0 Å². The molecule has 18 heavy (non-hydrogen) atoms. The van der Waals surface area contributed by atoms with Gasteiger partial charge in [-0.2, -0.15) is 9.36 Å². The largest absolute Gasteiger partial charge is 0.480 e. The minimum absolute atomic E-state index is 0.479. The number of nitrogens with one attached hydrogen (secondary N) is 1. The smallest absolute Gasteiger partial charge is 0.233 e. The molecule has 0 aliphatic heterocycles. The van der Waals surface area contributed by atoms with Gasteiger partial charge in [0.25, 0.3) is 0 Å². The van der Waals surface area contributed by atoms with Crippen LogP contribution in [0.5, 0.6) is 5.88 Å². The molecule has 2 aromatic rings. The summed E-state index contributed by atoms with van der Waals surface area (Å²) in [6.07, 6.45) is 0. The number of hydrogen-bond acceptors (Lipinski definition) is 7. The lowest BCUT2D eigenvalue weighted by Gasteiger charge is -2.03. The minimum atomic E-state index is 0.479. The second-order valence-corrected chi connectivity index (χ2v) is 4.91. The van der Waals surface area contributed by atoms with Crippen molar-refractivity contribution in [2.45, 2.75) is 13.8 Å². The quantitative estimate of drug-likeness (QED) is 0.892. The molecule has 0 aliphatic rings. The van der Waals surface area contributed by atoms with E-state index in [1.54, 1.807) is 19.2 Å². The van der Waals surface area contributed by atoms with Gasteiger partial charge in [0.15, 0.2) is 5.82 Å². The fourth-order valence-corrected chi connectivity index (χ4v) is 1.82. The van der Waals surface area contributed by atoms with Crippen LogP contribution in [0.1, 0.15) is 13.8 Å². The Hall–Kier alpha value is -1.76. The second kappa shape index (κ2) is 5.72. The van der Waals surface area contributed by atoms with Gasteiger partial charge in [-0.3, -0.25) is 0 Å². The first-order valence-electron chi connectivity index (χ1n) is 5.64. The molecule has 0 unspecified atom stereocenters. The maximum absolute atomic E-state index is 4.95. The average molecular weight is 265 g/mol. The fourth-order valence-electron chi connectivity index (χ4n) is 1.24. The number of hydrogen-bond donors (Lipinski definition) is 1. The second-order valence-electron chi connectivity index (χ2n) is 4.16. The molecule has 96 valence electrons. The zero-order valence-corrected chi connectivity index (χ0v) is 11.4. The van der Waals surface area contributed by atoms with Crippen molar-refractivity contribution in [1.82, 2.24) is 19.6 Å². The fraction of sp³-hybridized carbons (Fsp3) is 0.455. The molecule has 6 nitrogen and oxygen atoms in total. The average Bonchev–Trinajstić information content (AvgIpc) is 2.85. The van der Waals surface area contributed by atoms with E-state index in [1.165, 1.54) is 11.5 Å². The number of anilines is 1. The van der Waals surface area contributed by atoms with Gasteiger partial charge >= 0.3 is 0 Å². The highest BCUT2D eigenvalue weighted by Gasteiger charge is 2.08. The topological polar surface area (TPSA) is 72.8 Å². The van der Waals surface area contributed by atoms with Gasteiger partial charge in [-0.05, 0) is 12.0 Å². The highest BCUT2D eigenvalue weighted by molar-refractivity contribution is 7.09. The maximum Gasteiger partial charge on any atom is 0.233 e. The van der Waals surface area contributed by atoms with Crippen molar-refractivity contribution >= 4 is 16.7 Å². The van der Waals surface area contributed by atoms with Crippen LogP contribution in [0.25, 0.3) is 11.5 Å². The Bertz CT molecular complexity index is 496. The summed E-state index contributed by atoms with van der Waals surface area (Å²) in [5.74, 6) is 1.63. The van der Waals surface area contributed by atoms with E-state index >= 15 is 0 Å². The number of rotatable bonds is 5. The van der Waals surface area contributed by atoms with Gasteiger partial charge in [0.1, 0.15) is 5.69 Å². The first-order valence-corrected chi connectivity index (χ1v) is 6.42. The Labute approximate surface area is 110 Å². The van der Waals surface area contributed by atoms with E-state index in [4.69, 9.17) is 4.74 Å². The molecule has 0 bridgehead atoms. The lowest BCUT2D eigenvalue weighted by Crippen LogP contribution is -2.07. The standard InChI is InChI=1S/C11H15N5OS/c1-7(2)6-12-11-13-10(16-18-11)8-4-5-9(17-3)15-14-8/h4-5,7H,6H2,1-3H3,(H,12,13,16). The zero-order chi connectivity index (χ0) is 13.0. The molecule has 0 radical (unpaired) electrons. The van der Waals surface area contributed by atoms with Crippen molar-refractivity contribution in [3.63, 3.8) is 0 Å². The normalized spacial score (nSPS) is 10.7. The minimum Gasteiger partial charge on any atom is -0.480 e. The van der Waals surface area contributed by atoms with Crippen molar-refractivity contribution in [3.05, 3.63) is 12.1 Å². The van der Waals surface area contributed by atoms with Crippen LogP contribution in [0.4, 0.5) is 5.13 Å². The number of aromatic nitrogens is 4. The van der Waals surface area contributed by atoms with Gasteiger partial charge in [0, 0.05) is 24.1 Å². The van der Waals surface area contributed by atoms with E-state index in [-0.39, 0.29) is 0 Å². The number of methoxy groups -OCH3 is 1. The van der Waals surface area contributed by atoms with Crippen LogP contribution < -0.4 is 10.1 Å². The molecule has 0 saturated carbocycles. The van der Waals surface area contributed by atoms with Gasteiger partial charge in [0.2, 0.25) is 11.0 Å². The summed E-state index contributed by atoms with van der Waals surface area (Å²) in [6.45, 7) is 5.16. The first kappa shape index (κ1) is 12.7. The molecule has 0 spiro atoms. The van der Waals surface area contributed by atoms with Crippen LogP contribution in [0, 0.1) is 5.92 Å². The van der Waals surface area contributed by atoms with E-state index in [9.17, 15) is 0 Å². The molecule has 0 amide bonds. The molecule has 2 rings (SSSR count). The summed E-state index contributed by atoms with van der Waals surface area (Å²) < 4.78 is 9.20. The molecule has 0 fully saturated rings. The third-order valence-electron chi connectivity index (χ3n) is 2.17. The maximum atomic E-state index is 4.95. The zero-order valence-electron chi connectivity index (χ0n) is 10.5. The Balaban J connectivity index is 2.08.